The lowest BCUT2D eigenvalue weighted by Crippen LogP contribution is -2.46. The predicted molar refractivity (Wildman–Crippen MR) is 90.7 cm³/mol. The van der Waals surface area contributed by atoms with Crippen LogP contribution in [0.4, 0.5) is 0 Å². The van der Waals surface area contributed by atoms with E-state index in [1.165, 1.54) is 0 Å². The van der Waals surface area contributed by atoms with Crippen LogP contribution in [-0.2, 0) is 59.8 Å². The highest BCUT2D eigenvalue weighted by atomic mass is 32.3. The van der Waals surface area contributed by atoms with E-state index in [2.05, 4.69) is 8.37 Å². The summed E-state index contributed by atoms with van der Waals surface area (Å²) in [7, 11) is -16.7. The minimum atomic E-state index is -4.30. The van der Waals surface area contributed by atoms with E-state index in [9.17, 15) is 37.9 Å². The molecule has 1 heterocycles. The summed E-state index contributed by atoms with van der Waals surface area (Å²) < 4.78 is 115. The molecule has 0 radical (unpaired) electrons. The van der Waals surface area contributed by atoms with Crippen LogP contribution in [0.3, 0.4) is 0 Å². The van der Waals surface area contributed by atoms with Gasteiger partial charge in [0.2, 0.25) is 31.2 Å². The Hall–Kier alpha value is -0.210. The van der Waals surface area contributed by atoms with E-state index in [4.69, 9.17) is 0 Å². The number of hydrogen-bond donors (Lipinski definition) is 0. The Balaban J connectivity index is 3.47. The van der Waals surface area contributed by atoms with Crippen molar-refractivity contribution in [3.8, 4) is 0 Å². The molecule has 0 unspecified atom stereocenters. The van der Waals surface area contributed by atoms with Crippen LogP contribution in [-0.4, -0.2) is 95.6 Å². The molecule has 18 heteroatoms. The molecule has 0 saturated carbocycles. The van der Waals surface area contributed by atoms with Crippen LogP contribution >= 0.6 is 0 Å². The maximum Gasteiger partial charge on any atom is 0.264 e. The van der Waals surface area contributed by atoms with E-state index in [1.807, 2.05) is 0 Å². The molecule has 1 aliphatic rings. The third-order valence-electron chi connectivity index (χ3n) is 2.85. The van der Waals surface area contributed by atoms with Crippen LogP contribution < -0.4 is 0 Å². The molecule has 1 rings (SSSR count). The first-order chi connectivity index (χ1) is 11.3. The Kier molecular flexibility index (Phi) is 7.02. The van der Waals surface area contributed by atoms with Crippen molar-refractivity contribution in [3.63, 3.8) is 0 Å². The van der Waals surface area contributed by atoms with Gasteiger partial charge < -0.3 is 0 Å². The predicted octanol–water partition coefficient (Wildman–Crippen LogP) is -3.21. The van der Waals surface area contributed by atoms with Gasteiger partial charge in [0.1, 0.15) is 0 Å². The van der Waals surface area contributed by atoms with Gasteiger partial charge in [0, 0.05) is 0 Å². The van der Waals surface area contributed by atoms with Crippen LogP contribution in [0.2, 0.25) is 0 Å². The van der Waals surface area contributed by atoms with Gasteiger partial charge in [-0.25, -0.2) is 21.0 Å². The largest absolute Gasteiger partial charge is 0.269 e. The van der Waals surface area contributed by atoms with E-state index < -0.39 is 76.8 Å². The Morgan fingerprint density at radius 3 is 1.15 bits per heavy atom. The highest BCUT2D eigenvalue weighted by molar-refractivity contribution is 8.06. The zero-order chi connectivity index (χ0) is 20.7. The molecule has 1 fully saturated rings. The fourth-order valence-electron chi connectivity index (χ4n) is 2.05. The second-order valence-corrected chi connectivity index (χ2v) is 14.1. The normalized spacial score (nSPS) is 24.9. The first-order valence-electron chi connectivity index (χ1n) is 6.44. The van der Waals surface area contributed by atoms with Crippen LogP contribution in [0.1, 0.15) is 0 Å². The summed E-state index contributed by atoms with van der Waals surface area (Å²) in [4.78, 5) is 0. The van der Waals surface area contributed by atoms with E-state index in [-0.39, 0.29) is 7.42 Å². The molecule has 0 aromatic rings. The molecular weight excluding hydrogens is 460 g/mol. The molecule has 156 valence electrons. The summed E-state index contributed by atoms with van der Waals surface area (Å²) in [6.07, 6.45) is 2.58. The third kappa shape index (κ3) is 6.44. The van der Waals surface area contributed by atoms with Crippen molar-refractivity contribution in [2.45, 2.75) is 12.1 Å². The van der Waals surface area contributed by atoms with Crippen molar-refractivity contribution in [1.82, 2.24) is 7.42 Å². The lowest BCUT2D eigenvalue weighted by atomic mass is 10.2. The van der Waals surface area contributed by atoms with Crippen molar-refractivity contribution in [2.24, 2.45) is 0 Å². The Morgan fingerprint density at radius 2 is 0.962 bits per heavy atom. The molecular formula is C8H18N2O11S5. The highest BCUT2D eigenvalue weighted by Gasteiger charge is 2.55. The minimum Gasteiger partial charge on any atom is -0.269 e. The molecule has 1 aliphatic heterocycles. The Bertz CT molecular complexity index is 901. The Labute approximate surface area is 155 Å². The van der Waals surface area contributed by atoms with Gasteiger partial charge in [-0.2, -0.15) is 16.8 Å². The van der Waals surface area contributed by atoms with Crippen molar-refractivity contribution in [2.75, 3.05) is 38.2 Å². The van der Waals surface area contributed by atoms with E-state index >= 15 is 0 Å². The maximum atomic E-state index is 12.5. The fraction of sp³-hybridized carbons (Fsp3) is 1.00. The van der Waals surface area contributed by atoms with Crippen LogP contribution in [0.25, 0.3) is 0 Å². The monoisotopic (exact) mass is 478 g/mol. The minimum absolute atomic E-state index is 0.232. The average molecular weight is 479 g/mol. The van der Waals surface area contributed by atoms with Gasteiger partial charge in [0.05, 0.1) is 50.3 Å². The lowest BCUT2D eigenvalue weighted by Gasteiger charge is -2.23. The molecule has 0 aromatic heterocycles. The first-order valence-corrected chi connectivity index (χ1v) is 14.8. The number of nitrogens with zero attached hydrogens (tertiary/aromatic N) is 2. The van der Waals surface area contributed by atoms with Crippen molar-refractivity contribution < 1.29 is 46.2 Å². The molecule has 0 amide bonds. The van der Waals surface area contributed by atoms with Crippen LogP contribution in [0, 0.1) is 0 Å². The second kappa shape index (κ2) is 7.66. The molecule has 0 aromatic carbocycles. The zero-order valence-electron chi connectivity index (χ0n) is 14.0. The van der Waals surface area contributed by atoms with E-state index in [0.29, 0.717) is 25.0 Å². The Morgan fingerprint density at radius 1 is 0.692 bits per heavy atom. The van der Waals surface area contributed by atoms with Crippen molar-refractivity contribution in [3.05, 3.63) is 0 Å². The van der Waals surface area contributed by atoms with Gasteiger partial charge >= 0.3 is 0 Å². The van der Waals surface area contributed by atoms with Crippen LogP contribution in [0.5, 0.6) is 0 Å². The average Bonchev–Trinajstić information content (AvgIpc) is 2.63. The summed E-state index contributed by atoms with van der Waals surface area (Å²) >= 11 is -2.81. The number of hydrogen-bond acceptors (Lipinski definition) is 11. The van der Waals surface area contributed by atoms with E-state index in [0.717, 1.165) is 0 Å². The van der Waals surface area contributed by atoms with Crippen LogP contribution in [0.15, 0.2) is 0 Å². The lowest BCUT2D eigenvalue weighted by molar-refractivity contribution is 0.183. The topological polar surface area (TPSA) is 179 Å². The van der Waals surface area contributed by atoms with Gasteiger partial charge in [-0.05, 0) is 0 Å². The standard InChI is InChI=1S/C8H18N2O11S5/c1-23(12,13)9-7(5-20-25(3,16)17)8(6-21-26(4,18)19)10(22(9)11)24(2,14)15/h7-8H,5-6H2,1-4H3/t7-,8-/m0/s1. The number of rotatable bonds is 8. The van der Waals surface area contributed by atoms with Gasteiger partial charge in [-0.15, -0.1) is 0 Å². The highest BCUT2D eigenvalue weighted by Crippen LogP contribution is 2.31. The second-order valence-electron chi connectivity index (χ2n) is 5.38. The summed E-state index contributed by atoms with van der Waals surface area (Å²) in [5.74, 6) is 0. The summed E-state index contributed by atoms with van der Waals surface area (Å²) in [6, 6.07) is -3.23. The molecule has 0 aliphatic carbocycles. The smallest absolute Gasteiger partial charge is 0.264 e. The van der Waals surface area contributed by atoms with Gasteiger partial charge in [-0.3, -0.25) is 8.37 Å². The van der Waals surface area contributed by atoms with Crippen molar-refractivity contribution in [1.29, 1.82) is 0 Å². The molecule has 0 bridgehead atoms. The summed E-state index contributed by atoms with van der Waals surface area (Å²) in [6.45, 7) is -1.80. The van der Waals surface area contributed by atoms with Crippen molar-refractivity contribution >= 4 is 51.5 Å². The van der Waals surface area contributed by atoms with Gasteiger partial charge in [0.25, 0.3) is 20.2 Å². The van der Waals surface area contributed by atoms with E-state index in [1.54, 1.807) is 0 Å². The molecule has 26 heavy (non-hydrogen) atoms. The van der Waals surface area contributed by atoms with Gasteiger partial charge in [-0.1, -0.05) is 7.42 Å². The summed E-state index contributed by atoms with van der Waals surface area (Å²) in [5, 5.41) is 0. The molecule has 2 atom stereocenters. The zero-order valence-corrected chi connectivity index (χ0v) is 18.1. The molecule has 13 nitrogen and oxygen atoms in total. The number of sulfonamides is 2. The maximum absolute atomic E-state index is 12.5. The fourth-order valence-corrected chi connectivity index (χ4v) is 7.64. The molecule has 0 N–H and O–H groups in total. The molecule has 1 saturated heterocycles. The first kappa shape index (κ1) is 23.8. The van der Waals surface area contributed by atoms with Gasteiger partial charge in [0.15, 0.2) is 0 Å². The summed E-state index contributed by atoms with van der Waals surface area (Å²) in [5.41, 5.74) is 0. The molecule has 0 spiro atoms. The third-order valence-corrected chi connectivity index (χ3v) is 9.38. The quantitative estimate of drug-likeness (QED) is 0.321. The SMILES string of the molecule is CS(=O)(=O)OC[C@H]1[C@H](COS(C)(=O)=O)N(S(C)(=O)=O)S(=O)N1S(C)(=O)=O.